The lowest BCUT2D eigenvalue weighted by atomic mass is 10.1. The van der Waals surface area contributed by atoms with Crippen LogP contribution in [0.15, 0.2) is 47.0 Å². The predicted molar refractivity (Wildman–Crippen MR) is 111 cm³/mol. The molecule has 3 aromatic rings. The molecule has 0 bridgehead atoms. The molecule has 8 heteroatoms. The van der Waals surface area contributed by atoms with Crippen molar-refractivity contribution in [2.24, 2.45) is 0 Å². The summed E-state index contributed by atoms with van der Waals surface area (Å²) in [5, 5.41) is 6.92. The van der Waals surface area contributed by atoms with Crippen molar-refractivity contribution in [3.8, 4) is 28.6 Å². The molecule has 158 valence electrons. The number of carbonyl (C=O) groups excluding carboxylic acids is 1. The Bertz CT molecular complexity index is 962. The molecule has 0 saturated heterocycles. The van der Waals surface area contributed by atoms with Gasteiger partial charge in [0.05, 0.1) is 21.3 Å². The van der Waals surface area contributed by atoms with Crippen molar-refractivity contribution in [2.75, 3.05) is 21.3 Å². The number of rotatable bonds is 9. The van der Waals surface area contributed by atoms with E-state index >= 15 is 0 Å². The predicted octanol–water partition coefficient (Wildman–Crippen LogP) is 3.57. The lowest BCUT2D eigenvalue weighted by Crippen LogP contribution is -2.27. The number of nitrogens with zero attached hydrogens (tertiary/aromatic N) is 2. The van der Waals surface area contributed by atoms with Gasteiger partial charge in [-0.25, -0.2) is 0 Å². The van der Waals surface area contributed by atoms with E-state index in [1.54, 1.807) is 19.1 Å². The van der Waals surface area contributed by atoms with Gasteiger partial charge in [-0.05, 0) is 31.0 Å². The normalized spacial score (nSPS) is 11.6. The maximum absolute atomic E-state index is 12.3. The van der Waals surface area contributed by atoms with E-state index in [1.165, 1.54) is 21.3 Å². The zero-order valence-corrected chi connectivity index (χ0v) is 17.5. The first-order valence-electron chi connectivity index (χ1n) is 9.53. The largest absolute Gasteiger partial charge is 0.493 e. The van der Waals surface area contributed by atoms with E-state index in [2.05, 4.69) is 15.5 Å². The van der Waals surface area contributed by atoms with Gasteiger partial charge in [-0.15, -0.1) is 0 Å². The van der Waals surface area contributed by atoms with E-state index in [-0.39, 0.29) is 5.91 Å². The molecule has 3 rings (SSSR count). The summed E-state index contributed by atoms with van der Waals surface area (Å²) in [4.78, 5) is 16.7. The third-order valence-electron chi connectivity index (χ3n) is 4.60. The van der Waals surface area contributed by atoms with Crippen LogP contribution in [-0.4, -0.2) is 37.4 Å². The number of ether oxygens (including phenoxy) is 3. The van der Waals surface area contributed by atoms with Crippen molar-refractivity contribution in [3.05, 3.63) is 53.9 Å². The molecule has 0 saturated carbocycles. The highest BCUT2D eigenvalue weighted by molar-refractivity contribution is 5.76. The molecule has 1 atom stereocenters. The fraction of sp³-hybridized carbons (Fsp3) is 0.318. The van der Waals surface area contributed by atoms with Crippen LogP contribution >= 0.6 is 0 Å². The van der Waals surface area contributed by atoms with Crippen LogP contribution in [0.1, 0.15) is 30.8 Å². The molecule has 30 heavy (non-hydrogen) atoms. The Hall–Kier alpha value is -3.55. The molecular formula is C22H25N3O5. The molecule has 0 aliphatic heterocycles. The Morgan fingerprint density at radius 1 is 1.07 bits per heavy atom. The Balaban J connectivity index is 1.69. The Morgan fingerprint density at radius 2 is 1.73 bits per heavy atom. The van der Waals surface area contributed by atoms with E-state index in [1.807, 2.05) is 30.3 Å². The van der Waals surface area contributed by atoms with E-state index < -0.39 is 6.04 Å². The van der Waals surface area contributed by atoms with Gasteiger partial charge in [-0.3, -0.25) is 4.79 Å². The lowest BCUT2D eigenvalue weighted by Gasteiger charge is -2.12. The number of hydrogen-bond donors (Lipinski definition) is 1. The number of carbonyl (C=O) groups is 1. The second kappa shape index (κ2) is 9.78. The van der Waals surface area contributed by atoms with Gasteiger partial charge >= 0.3 is 0 Å². The number of aryl methyl sites for hydroxylation is 1. The van der Waals surface area contributed by atoms with Gasteiger partial charge in [-0.1, -0.05) is 35.5 Å². The number of aromatic nitrogens is 2. The molecule has 0 aliphatic rings. The van der Waals surface area contributed by atoms with Crippen LogP contribution in [-0.2, 0) is 11.2 Å². The molecule has 1 N–H and O–H groups in total. The molecule has 0 radical (unpaired) electrons. The first kappa shape index (κ1) is 21.2. The first-order chi connectivity index (χ1) is 14.5. The summed E-state index contributed by atoms with van der Waals surface area (Å²) in [5.74, 6) is 2.03. The Morgan fingerprint density at radius 3 is 2.33 bits per heavy atom. The molecule has 0 fully saturated rings. The van der Waals surface area contributed by atoms with Gasteiger partial charge in [0.15, 0.2) is 11.5 Å². The maximum Gasteiger partial charge on any atom is 0.249 e. The fourth-order valence-corrected chi connectivity index (χ4v) is 3.02. The summed E-state index contributed by atoms with van der Waals surface area (Å²) in [5.41, 5.74) is 1.75. The quantitative estimate of drug-likeness (QED) is 0.575. The van der Waals surface area contributed by atoms with E-state index in [0.717, 1.165) is 5.56 Å². The highest BCUT2D eigenvalue weighted by Crippen LogP contribution is 2.40. The molecule has 2 aromatic carbocycles. The molecule has 1 unspecified atom stereocenters. The van der Waals surface area contributed by atoms with Gasteiger partial charge in [0.25, 0.3) is 0 Å². The highest BCUT2D eigenvalue weighted by atomic mass is 16.5. The minimum absolute atomic E-state index is 0.0844. The minimum Gasteiger partial charge on any atom is -0.493 e. The van der Waals surface area contributed by atoms with Gasteiger partial charge in [0, 0.05) is 12.0 Å². The van der Waals surface area contributed by atoms with Crippen molar-refractivity contribution < 1.29 is 23.5 Å². The summed E-state index contributed by atoms with van der Waals surface area (Å²) in [6.45, 7) is 1.80. The fourth-order valence-electron chi connectivity index (χ4n) is 3.02. The van der Waals surface area contributed by atoms with Gasteiger partial charge in [0.1, 0.15) is 6.04 Å². The number of benzene rings is 2. The molecule has 1 aromatic heterocycles. The van der Waals surface area contributed by atoms with Crippen LogP contribution < -0.4 is 19.5 Å². The zero-order chi connectivity index (χ0) is 21.5. The first-order valence-corrected chi connectivity index (χ1v) is 9.53. The van der Waals surface area contributed by atoms with Crippen molar-refractivity contribution in [2.45, 2.75) is 25.8 Å². The molecule has 0 aliphatic carbocycles. The van der Waals surface area contributed by atoms with Gasteiger partial charge < -0.3 is 24.1 Å². The lowest BCUT2D eigenvalue weighted by molar-refractivity contribution is -0.121. The Labute approximate surface area is 175 Å². The van der Waals surface area contributed by atoms with Crippen LogP contribution in [0.3, 0.4) is 0 Å². The monoisotopic (exact) mass is 411 g/mol. The van der Waals surface area contributed by atoms with E-state index in [4.69, 9.17) is 18.7 Å². The van der Waals surface area contributed by atoms with Crippen LogP contribution in [0, 0.1) is 0 Å². The van der Waals surface area contributed by atoms with Crippen LogP contribution in [0.4, 0.5) is 0 Å². The summed E-state index contributed by atoms with van der Waals surface area (Å²) in [6.07, 6.45) is 1.04. The molecule has 1 heterocycles. The smallest absolute Gasteiger partial charge is 0.249 e. The second-order valence-corrected chi connectivity index (χ2v) is 6.65. The average molecular weight is 411 g/mol. The maximum atomic E-state index is 12.3. The summed E-state index contributed by atoms with van der Waals surface area (Å²) >= 11 is 0. The molecular weight excluding hydrogens is 386 g/mol. The summed E-state index contributed by atoms with van der Waals surface area (Å²) < 4.78 is 21.4. The number of nitrogens with one attached hydrogen (secondary N) is 1. The summed E-state index contributed by atoms with van der Waals surface area (Å²) in [6, 6.07) is 12.9. The number of methoxy groups -OCH3 is 3. The topological polar surface area (TPSA) is 95.7 Å². The van der Waals surface area contributed by atoms with Crippen molar-refractivity contribution >= 4 is 5.91 Å². The molecule has 8 nitrogen and oxygen atoms in total. The highest BCUT2D eigenvalue weighted by Gasteiger charge is 2.20. The molecule has 1 amide bonds. The average Bonchev–Trinajstić information content (AvgIpc) is 3.28. The molecule has 0 spiro atoms. The van der Waals surface area contributed by atoms with Crippen molar-refractivity contribution in [1.82, 2.24) is 15.5 Å². The third kappa shape index (κ3) is 4.89. The van der Waals surface area contributed by atoms with Crippen LogP contribution in [0.2, 0.25) is 0 Å². The van der Waals surface area contributed by atoms with Gasteiger partial charge in [-0.2, -0.15) is 4.98 Å². The van der Waals surface area contributed by atoms with Crippen molar-refractivity contribution in [1.29, 1.82) is 0 Å². The second-order valence-electron chi connectivity index (χ2n) is 6.65. The van der Waals surface area contributed by atoms with E-state index in [0.29, 0.717) is 47.4 Å². The zero-order valence-electron chi connectivity index (χ0n) is 17.5. The standard InChI is InChI=1S/C22H25N3O5/c1-14(23-19(26)11-10-15-8-6-5-7-9-15)22-24-21(25-30-22)16-12-17(27-2)20(29-4)18(13-16)28-3/h5-9,12-14H,10-11H2,1-4H3,(H,23,26). The minimum atomic E-state index is -0.420. The van der Waals surface area contributed by atoms with Gasteiger partial charge in [0.2, 0.25) is 23.4 Å². The van der Waals surface area contributed by atoms with Crippen LogP contribution in [0.5, 0.6) is 17.2 Å². The SMILES string of the molecule is COc1cc(-c2noc(C(C)NC(=O)CCc3ccccc3)n2)cc(OC)c1OC. The third-order valence-corrected chi connectivity index (χ3v) is 4.60. The van der Waals surface area contributed by atoms with Crippen LogP contribution in [0.25, 0.3) is 11.4 Å². The Kier molecular flexibility index (Phi) is 6.90. The number of amides is 1. The van der Waals surface area contributed by atoms with Crippen molar-refractivity contribution in [3.63, 3.8) is 0 Å². The van der Waals surface area contributed by atoms with E-state index in [9.17, 15) is 4.79 Å². The number of hydrogen-bond acceptors (Lipinski definition) is 7. The summed E-state index contributed by atoms with van der Waals surface area (Å²) in [7, 11) is 4.61.